The molecule has 3 aliphatic carbocycles. The number of ketones is 2. The number of fused-ring (bicyclic) bond motifs is 5. The number of carbonyl (C=O) groups is 7. The Morgan fingerprint density at radius 1 is 0.790 bits per heavy atom. The van der Waals surface area contributed by atoms with Crippen LogP contribution >= 0.6 is 0 Å². The molecule has 6 rings (SSSR count). The molecule has 2 aromatic carbocycles. The highest BCUT2D eigenvalue weighted by Gasteiger charge is 2.79. The molecule has 4 unspecified atom stereocenters. The van der Waals surface area contributed by atoms with Crippen LogP contribution in [-0.2, 0) is 52.4 Å². The molecule has 2 bridgehead atoms. The van der Waals surface area contributed by atoms with Gasteiger partial charge in [-0.2, -0.15) is 0 Å². The van der Waals surface area contributed by atoms with Gasteiger partial charge in [0.05, 0.1) is 29.6 Å². The van der Waals surface area contributed by atoms with E-state index in [-0.39, 0.29) is 31.4 Å². The highest BCUT2D eigenvalue weighted by molar-refractivity contribution is 6.40. The third kappa shape index (κ3) is 14.8. The Bertz CT molecular complexity index is 2720. The summed E-state index contributed by atoms with van der Waals surface area (Å²) in [5.41, 5.74) is -8.63. The van der Waals surface area contributed by atoms with Crippen molar-refractivity contribution in [2.24, 2.45) is 28.6 Å². The number of alkyl carbamates (subject to hydrolysis) is 1. The number of esters is 4. The molecule has 0 aromatic heterocycles. The van der Waals surface area contributed by atoms with E-state index in [0.717, 1.165) is 39.0 Å². The molecular formula is C65H83NO15. The van der Waals surface area contributed by atoms with Gasteiger partial charge in [0.1, 0.15) is 35.6 Å². The minimum Gasteiger partial charge on any atom is -0.459 e. The highest BCUT2D eigenvalue weighted by atomic mass is 16.6. The molecule has 2 aromatic rings. The van der Waals surface area contributed by atoms with E-state index in [0.29, 0.717) is 12.0 Å². The molecule has 4 aliphatic rings. The molecule has 438 valence electrons. The van der Waals surface area contributed by atoms with E-state index in [4.69, 9.17) is 28.4 Å². The zero-order valence-corrected chi connectivity index (χ0v) is 48.4. The number of hydrogen-bond acceptors (Lipinski definition) is 15. The first-order valence-electron chi connectivity index (χ1n) is 28.3. The Kier molecular flexibility index (Phi) is 21.8. The highest BCUT2D eigenvalue weighted by Crippen LogP contribution is 2.64. The molecule has 1 amide bonds. The maximum absolute atomic E-state index is 15.2. The van der Waals surface area contributed by atoms with Crippen molar-refractivity contribution in [1.82, 2.24) is 5.32 Å². The maximum atomic E-state index is 15.2. The molecule has 4 fully saturated rings. The topological polar surface area (TPSA) is 227 Å². The first-order chi connectivity index (χ1) is 38.4. The Hall–Kier alpha value is -6.75. The predicted octanol–water partition coefficient (Wildman–Crippen LogP) is 10.4. The molecule has 0 spiro atoms. The number of rotatable bonds is 23. The van der Waals surface area contributed by atoms with Crippen LogP contribution in [0, 0.1) is 28.6 Å². The Labute approximate surface area is 477 Å². The molecule has 16 nitrogen and oxygen atoms in total. The average molecular weight is 1120 g/mol. The summed E-state index contributed by atoms with van der Waals surface area (Å²) in [6.45, 7) is 13.9. The van der Waals surface area contributed by atoms with Crippen molar-refractivity contribution in [1.29, 1.82) is 0 Å². The van der Waals surface area contributed by atoms with E-state index in [1.54, 1.807) is 90.1 Å². The lowest BCUT2D eigenvalue weighted by atomic mass is 9.42. The molecule has 1 aliphatic heterocycles. The standard InChI is InChI=1S/C65H83NO15/c1-10-11-12-13-14-15-16-17-18-19-20-21-22-23-24-25-26-27-34-39-50(69)78-54(52(45-35-30-28-31-36-45)66-60(74)81-61(4,5)6)59(73)77-47-41-65(75)57(79-58(72)46-37-32-29-33-38-46)55-63(9,56(71)53(70)51(43(47)2)62(65,7)8)48(68)40-49-64(55,42-76-49)80-44(3)67/h11-12,14-15,17-18,20-21,23-24,26-33,35-38,43,47-49,51-52,54-55,57,68,75H,10,13,16,19,22,25,34,39-42H2,1-9H3,(H,66,74)/t43?,47?,48-,49+,51?,52-,54?,55-,57-,63+,64-,65+/m0/s1. The second-order valence-electron chi connectivity index (χ2n) is 23.3. The van der Waals surface area contributed by atoms with Crippen molar-refractivity contribution in [2.45, 2.75) is 180 Å². The second kappa shape index (κ2) is 27.8. The Morgan fingerprint density at radius 2 is 1.33 bits per heavy atom. The van der Waals surface area contributed by atoms with Crippen molar-refractivity contribution >= 4 is 41.5 Å². The van der Waals surface area contributed by atoms with Gasteiger partial charge >= 0.3 is 30.0 Å². The lowest BCUT2D eigenvalue weighted by Gasteiger charge is -2.67. The summed E-state index contributed by atoms with van der Waals surface area (Å²) in [5.74, 6) is -9.95. The normalized spacial score (nSPS) is 28.9. The Balaban J connectivity index is 1.28. The average Bonchev–Trinajstić information content (AvgIpc) is 1.14. The number of aliphatic hydroxyl groups excluding tert-OH is 1. The SMILES string of the molecule is CCC=CCC=CCC=CCC=CCC=CCC=CCCC(=O)OC(C(=O)OC1C[C@@]2(O)[C@@H](OC(=O)c3ccccc3)[C@@H]3[C@]4(OC(C)=O)CO[C@@H]4C[C@H](O)[C@@]3(C)C(=O)C(=O)C(C1C)C2(C)C)[C@@H](NC(=O)OC(C)(C)C)c1ccccc1. The molecule has 0 radical (unpaired) electrons. The van der Waals surface area contributed by atoms with Gasteiger partial charge in [0.15, 0.2) is 5.60 Å². The summed E-state index contributed by atoms with van der Waals surface area (Å²) >= 11 is 0. The van der Waals surface area contributed by atoms with Crippen LogP contribution in [0.1, 0.15) is 148 Å². The summed E-state index contributed by atoms with van der Waals surface area (Å²) in [6.07, 6.45) is 20.5. The number of Topliss-reactive ketones (excluding diaryl/α,β-unsaturated/α-hetero) is 2. The molecule has 12 atom stereocenters. The lowest BCUT2D eigenvalue weighted by Crippen LogP contribution is -2.82. The van der Waals surface area contributed by atoms with Crippen LogP contribution in [0.25, 0.3) is 0 Å². The molecule has 1 heterocycles. The van der Waals surface area contributed by atoms with Crippen molar-refractivity contribution in [2.75, 3.05) is 6.61 Å². The maximum Gasteiger partial charge on any atom is 0.408 e. The monoisotopic (exact) mass is 1120 g/mol. The molecule has 81 heavy (non-hydrogen) atoms. The minimum absolute atomic E-state index is 0.0583. The van der Waals surface area contributed by atoms with E-state index in [1.165, 1.54) is 19.1 Å². The summed E-state index contributed by atoms with van der Waals surface area (Å²) in [6, 6.07) is 14.7. The van der Waals surface area contributed by atoms with E-state index in [2.05, 4.69) is 60.8 Å². The smallest absolute Gasteiger partial charge is 0.408 e. The Morgan fingerprint density at radius 3 is 1.85 bits per heavy atom. The van der Waals surface area contributed by atoms with Gasteiger partial charge in [0, 0.05) is 43.4 Å². The number of benzene rings is 2. The predicted molar refractivity (Wildman–Crippen MR) is 304 cm³/mol. The van der Waals surface area contributed by atoms with E-state index in [1.807, 2.05) is 24.3 Å². The number of allylic oxidation sites excluding steroid dienone is 12. The number of nitrogens with one attached hydrogen (secondary N) is 1. The van der Waals surface area contributed by atoms with Crippen molar-refractivity contribution in [3.8, 4) is 0 Å². The largest absolute Gasteiger partial charge is 0.459 e. The zero-order valence-electron chi connectivity index (χ0n) is 48.4. The van der Waals surface area contributed by atoms with Crippen molar-refractivity contribution < 1.29 is 72.2 Å². The zero-order chi connectivity index (χ0) is 59.2. The van der Waals surface area contributed by atoms with E-state index < -0.39 is 130 Å². The van der Waals surface area contributed by atoms with Gasteiger partial charge in [-0.15, -0.1) is 0 Å². The van der Waals surface area contributed by atoms with E-state index >= 15 is 14.4 Å². The van der Waals surface area contributed by atoms with Gasteiger partial charge in [-0.1, -0.05) is 149 Å². The first-order valence-corrected chi connectivity index (χ1v) is 28.3. The quantitative estimate of drug-likeness (QED) is 0.0407. The van der Waals surface area contributed by atoms with Gasteiger partial charge in [-0.3, -0.25) is 19.2 Å². The van der Waals surface area contributed by atoms with Crippen LogP contribution in [0.4, 0.5) is 4.79 Å². The lowest BCUT2D eigenvalue weighted by molar-refractivity contribution is -0.350. The molecular weight excluding hydrogens is 1030 g/mol. The summed E-state index contributed by atoms with van der Waals surface area (Å²) in [7, 11) is 0. The number of carbonyl (C=O) groups excluding carboxylic acids is 7. The second-order valence-corrected chi connectivity index (χ2v) is 23.3. The number of amides is 1. The van der Waals surface area contributed by atoms with Crippen LogP contribution in [0.2, 0.25) is 0 Å². The summed E-state index contributed by atoms with van der Waals surface area (Å²) < 4.78 is 36.4. The van der Waals surface area contributed by atoms with Crippen molar-refractivity contribution in [3.63, 3.8) is 0 Å². The fourth-order valence-corrected chi connectivity index (χ4v) is 12.0. The van der Waals surface area contributed by atoms with Gasteiger partial charge < -0.3 is 44.0 Å². The minimum atomic E-state index is -2.43. The van der Waals surface area contributed by atoms with Gasteiger partial charge in [-0.25, -0.2) is 14.4 Å². The summed E-state index contributed by atoms with van der Waals surface area (Å²) in [5, 5.41) is 28.6. The van der Waals surface area contributed by atoms with Gasteiger partial charge in [-0.05, 0) is 90.3 Å². The first kappa shape index (κ1) is 63.4. The van der Waals surface area contributed by atoms with Crippen LogP contribution in [0.3, 0.4) is 0 Å². The number of hydrogen-bond donors (Lipinski definition) is 3. The van der Waals surface area contributed by atoms with E-state index in [9.17, 15) is 29.4 Å². The van der Waals surface area contributed by atoms with Crippen molar-refractivity contribution in [3.05, 3.63) is 145 Å². The molecule has 1 saturated heterocycles. The molecule has 3 saturated carbocycles. The summed E-state index contributed by atoms with van der Waals surface area (Å²) in [4.78, 5) is 101. The van der Waals surface area contributed by atoms with Gasteiger partial charge in [0.25, 0.3) is 0 Å². The third-order valence-electron chi connectivity index (χ3n) is 16.2. The van der Waals surface area contributed by atoms with Crippen LogP contribution in [0.15, 0.2) is 134 Å². The van der Waals surface area contributed by atoms with Crippen LogP contribution in [-0.4, -0.2) is 106 Å². The molecule has 3 N–H and O–H groups in total. The fourth-order valence-electron chi connectivity index (χ4n) is 12.0. The number of aliphatic hydroxyl groups is 2. The molecule has 16 heteroatoms. The number of ether oxygens (including phenoxy) is 6. The fraction of sp³-hybridized carbons (Fsp3) is 0.523. The third-order valence-corrected chi connectivity index (χ3v) is 16.2. The van der Waals surface area contributed by atoms with Gasteiger partial charge in [0.2, 0.25) is 17.7 Å². The van der Waals surface area contributed by atoms with Crippen LogP contribution in [0.5, 0.6) is 0 Å². The van der Waals surface area contributed by atoms with Crippen LogP contribution < -0.4 is 5.32 Å².